The first-order valence-corrected chi connectivity index (χ1v) is 7.36. The summed E-state index contributed by atoms with van der Waals surface area (Å²) in [4.78, 5) is 10.6. The van der Waals surface area contributed by atoms with Crippen molar-refractivity contribution in [1.29, 1.82) is 0 Å². The summed E-state index contributed by atoms with van der Waals surface area (Å²) in [5.74, 6) is -0.715. The van der Waals surface area contributed by atoms with Crippen molar-refractivity contribution >= 4 is 15.9 Å². The van der Waals surface area contributed by atoms with Crippen molar-refractivity contribution < 1.29 is 13.2 Å². The van der Waals surface area contributed by atoms with E-state index in [0.29, 0.717) is 6.54 Å². The lowest BCUT2D eigenvalue weighted by Gasteiger charge is -2.34. The zero-order valence-electron chi connectivity index (χ0n) is 9.68. The van der Waals surface area contributed by atoms with E-state index in [4.69, 9.17) is 5.73 Å². The minimum atomic E-state index is -3.31. The van der Waals surface area contributed by atoms with E-state index in [1.165, 1.54) is 0 Å². The van der Waals surface area contributed by atoms with Gasteiger partial charge in [0.25, 0.3) is 0 Å². The number of amides is 1. The van der Waals surface area contributed by atoms with E-state index in [-0.39, 0.29) is 18.2 Å². The summed E-state index contributed by atoms with van der Waals surface area (Å²) in [5, 5.41) is 0. The zero-order valence-corrected chi connectivity index (χ0v) is 10.5. The van der Waals surface area contributed by atoms with Crippen LogP contribution in [0.4, 0.5) is 0 Å². The molecule has 1 saturated heterocycles. The van der Waals surface area contributed by atoms with Crippen LogP contribution in [0, 0.1) is 0 Å². The van der Waals surface area contributed by atoms with Crippen LogP contribution in [0.3, 0.4) is 0 Å². The molecule has 0 radical (unpaired) electrons. The average Bonchev–Trinajstić information content (AvgIpc) is 2.26. The van der Waals surface area contributed by atoms with E-state index >= 15 is 0 Å². The fourth-order valence-corrected chi connectivity index (χ4v) is 3.90. The molecule has 94 valence electrons. The van der Waals surface area contributed by atoms with Crippen molar-refractivity contribution in [2.75, 3.05) is 12.3 Å². The van der Waals surface area contributed by atoms with Crippen molar-refractivity contribution in [3.63, 3.8) is 0 Å². The topological polar surface area (TPSA) is 80.5 Å². The second-order valence-electron chi connectivity index (χ2n) is 4.20. The monoisotopic (exact) mass is 248 g/mol. The molecule has 2 N–H and O–H groups in total. The molecule has 0 aliphatic carbocycles. The van der Waals surface area contributed by atoms with Gasteiger partial charge in [0.2, 0.25) is 15.9 Å². The molecule has 1 unspecified atom stereocenters. The van der Waals surface area contributed by atoms with Gasteiger partial charge in [-0.15, -0.1) is 0 Å². The summed E-state index contributed by atoms with van der Waals surface area (Å²) in [6, 6.07) is 0.103. The van der Waals surface area contributed by atoms with E-state index in [9.17, 15) is 13.2 Å². The van der Waals surface area contributed by atoms with Crippen molar-refractivity contribution in [2.45, 2.75) is 45.1 Å². The van der Waals surface area contributed by atoms with Crippen LogP contribution in [-0.4, -0.2) is 37.0 Å². The summed E-state index contributed by atoms with van der Waals surface area (Å²) in [5.41, 5.74) is 4.97. The summed E-state index contributed by atoms with van der Waals surface area (Å²) in [6.07, 6.45) is 3.66. The van der Waals surface area contributed by atoms with Crippen molar-refractivity contribution in [1.82, 2.24) is 4.31 Å². The van der Waals surface area contributed by atoms with Crippen molar-refractivity contribution in [2.24, 2.45) is 5.73 Å². The third-order valence-electron chi connectivity index (χ3n) is 3.01. The van der Waals surface area contributed by atoms with Gasteiger partial charge in [0, 0.05) is 19.0 Å². The first-order chi connectivity index (χ1) is 7.47. The van der Waals surface area contributed by atoms with E-state index in [1.807, 2.05) is 6.92 Å². The number of primary amides is 1. The van der Waals surface area contributed by atoms with Gasteiger partial charge in [0.15, 0.2) is 0 Å². The van der Waals surface area contributed by atoms with Gasteiger partial charge >= 0.3 is 0 Å². The number of piperidine rings is 1. The summed E-state index contributed by atoms with van der Waals surface area (Å²) in [7, 11) is -3.31. The molecule has 1 aliphatic heterocycles. The Hall–Kier alpha value is -0.620. The quantitative estimate of drug-likeness (QED) is 0.767. The van der Waals surface area contributed by atoms with Gasteiger partial charge in [0.05, 0.1) is 5.75 Å². The smallest absolute Gasteiger partial charge is 0.218 e. The molecule has 5 nitrogen and oxygen atoms in total. The highest BCUT2D eigenvalue weighted by Crippen LogP contribution is 2.23. The third kappa shape index (κ3) is 3.45. The van der Waals surface area contributed by atoms with Crippen LogP contribution < -0.4 is 5.73 Å². The standard InChI is InChI=1S/C10H20N2O3S/c1-2-9-5-3-4-7-12(9)16(14,15)8-6-10(11)13/h9H,2-8H2,1H3,(H2,11,13). The molecule has 1 fully saturated rings. The first kappa shape index (κ1) is 13.4. The Kier molecular flexibility index (Phi) is 4.73. The molecule has 0 saturated carbocycles. The van der Waals surface area contributed by atoms with Crippen LogP contribution in [0.1, 0.15) is 39.0 Å². The predicted molar refractivity (Wildman–Crippen MR) is 62.2 cm³/mol. The van der Waals surface area contributed by atoms with Gasteiger partial charge < -0.3 is 5.73 Å². The lowest BCUT2D eigenvalue weighted by molar-refractivity contribution is -0.117. The second kappa shape index (κ2) is 5.63. The Bertz CT molecular complexity index is 340. The molecule has 1 atom stereocenters. The van der Waals surface area contributed by atoms with Crippen LogP contribution in [0.15, 0.2) is 0 Å². The highest BCUT2D eigenvalue weighted by molar-refractivity contribution is 7.89. The number of carbonyl (C=O) groups is 1. The summed E-state index contributed by atoms with van der Waals surface area (Å²) in [6.45, 7) is 2.58. The molecule has 0 aromatic carbocycles. The maximum atomic E-state index is 12.0. The minimum absolute atomic E-state index is 0.0880. The van der Waals surface area contributed by atoms with E-state index < -0.39 is 15.9 Å². The molecule has 0 spiro atoms. The number of nitrogens with zero attached hydrogens (tertiary/aromatic N) is 1. The van der Waals surface area contributed by atoms with E-state index in [1.54, 1.807) is 4.31 Å². The highest BCUT2D eigenvalue weighted by atomic mass is 32.2. The maximum absolute atomic E-state index is 12.0. The van der Waals surface area contributed by atoms with Crippen molar-refractivity contribution in [3.8, 4) is 0 Å². The molecule has 16 heavy (non-hydrogen) atoms. The third-order valence-corrected chi connectivity index (χ3v) is 4.92. The SMILES string of the molecule is CCC1CCCCN1S(=O)(=O)CCC(N)=O. The zero-order chi connectivity index (χ0) is 12.2. The molecular formula is C10H20N2O3S. The van der Waals surface area contributed by atoms with Crippen LogP contribution in [0.25, 0.3) is 0 Å². The fraction of sp³-hybridized carbons (Fsp3) is 0.900. The van der Waals surface area contributed by atoms with Crippen LogP contribution >= 0.6 is 0 Å². The van der Waals surface area contributed by atoms with Gasteiger partial charge in [-0.25, -0.2) is 8.42 Å². The number of carbonyl (C=O) groups excluding carboxylic acids is 1. The van der Waals surface area contributed by atoms with Crippen LogP contribution in [0.2, 0.25) is 0 Å². The molecule has 0 aromatic rings. The Morgan fingerprint density at radius 3 is 2.69 bits per heavy atom. The summed E-state index contributed by atoms with van der Waals surface area (Å²) < 4.78 is 25.5. The molecule has 0 bridgehead atoms. The number of nitrogens with two attached hydrogens (primary N) is 1. The molecular weight excluding hydrogens is 228 g/mol. The highest BCUT2D eigenvalue weighted by Gasteiger charge is 2.30. The number of sulfonamides is 1. The second-order valence-corrected chi connectivity index (χ2v) is 6.24. The van der Waals surface area contributed by atoms with Gasteiger partial charge in [-0.2, -0.15) is 4.31 Å². The van der Waals surface area contributed by atoms with Gasteiger partial charge in [-0.05, 0) is 19.3 Å². The Balaban J connectivity index is 2.68. The number of rotatable bonds is 5. The number of hydrogen-bond donors (Lipinski definition) is 1. The molecule has 6 heteroatoms. The lowest BCUT2D eigenvalue weighted by Crippen LogP contribution is -2.44. The molecule has 1 aliphatic rings. The van der Waals surface area contributed by atoms with E-state index in [2.05, 4.69) is 0 Å². The molecule has 0 aromatic heterocycles. The van der Waals surface area contributed by atoms with Crippen molar-refractivity contribution in [3.05, 3.63) is 0 Å². The molecule has 1 heterocycles. The predicted octanol–water partition coefficient (Wildman–Crippen LogP) is 0.456. The summed E-state index contributed by atoms with van der Waals surface area (Å²) >= 11 is 0. The Morgan fingerprint density at radius 2 is 2.12 bits per heavy atom. The molecule has 1 rings (SSSR count). The minimum Gasteiger partial charge on any atom is -0.370 e. The van der Waals surface area contributed by atoms with Gasteiger partial charge in [0.1, 0.15) is 0 Å². The Morgan fingerprint density at radius 1 is 1.44 bits per heavy atom. The fourth-order valence-electron chi connectivity index (χ4n) is 2.09. The van der Waals surface area contributed by atoms with Crippen LogP contribution in [0.5, 0.6) is 0 Å². The average molecular weight is 248 g/mol. The number of hydrogen-bond acceptors (Lipinski definition) is 3. The van der Waals surface area contributed by atoms with Crippen LogP contribution in [-0.2, 0) is 14.8 Å². The largest absolute Gasteiger partial charge is 0.370 e. The van der Waals surface area contributed by atoms with Gasteiger partial charge in [-0.3, -0.25) is 4.79 Å². The first-order valence-electron chi connectivity index (χ1n) is 5.75. The normalized spacial score (nSPS) is 23.2. The van der Waals surface area contributed by atoms with E-state index in [0.717, 1.165) is 25.7 Å². The lowest BCUT2D eigenvalue weighted by atomic mass is 10.0. The Labute approximate surface area is 97.0 Å². The molecule has 1 amide bonds. The van der Waals surface area contributed by atoms with Gasteiger partial charge in [-0.1, -0.05) is 13.3 Å². The maximum Gasteiger partial charge on any atom is 0.218 e.